The zero-order chi connectivity index (χ0) is 24.9. The number of fused-ring (bicyclic) bond motifs is 2. The van der Waals surface area contributed by atoms with Crippen molar-refractivity contribution in [3.63, 3.8) is 0 Å². The Labute approximate surface area is 214 Å². The van der Waals surface area contributed by atoms with Crippen LogP contribution in [0.5, 0.6) is 0 Å². The number of rotatable bonds is 3. The Kier molecular flexibility index (Phi) is 5.70. The van der Waals surface area contributed by atoms with Gasteiger partial charge in [-0.2, -0.15) is 5.10 Å². The summed E-state index contributed by atoms with van der Waals surface area (Å²) in [6, 6.07) is 8.23. The number of aromatic nitrogens is 3. The molecule has 0 spiro atoms. The summed E-state index contributed by atoms with van der Waals surface area (Å²) in [6.07, 6.45) is 4.45. The smallest absolute Gasteiger partial charge is 0.322 e. The van der Waals surface area contributed by atoms with Crippen LogP contribution in [0.3, 0.4) is 0 Å². The molecule has 3 aliphatic heterocycles. The third kappa shape index (κ3) is 4.13. The number of nitrogens with one attached hydrogen (secondary N) is 2. The summed E-state index contributed by atoms with van der Waals surface area (Å²) in [5.41, 5.74) is 4.61. The van der Waals surface area contributed by atoms with Gasteiger partial charge in [0.15, 0.2) is 5.13 Å². The van der Waals surface area contributed by atoms with Gasteiger partial charge in [-0.3, -0.25) is 9.89 Å². The monoisotopic (exact) mass is 505 g/mol. The van der Waals surface area contributed by atoms with E-state index in [2.05, 4.69) is 40.3 Å². The third-order valence-corrected chi connectivity index (χ3v) is 8.56. The topological polar surface area (TPSA) is 97.5 Å². The Morgan fingerprint density at radius 1 is 1.14 bits per heavy atom. The number of hydrogen-bond donors (Lipinski definition) is 2. The molecule has 36 heavy (non-hydrogen) atoms. The van der Waals surface area contributed by atoms with Crippen molar-refractivity contribution in [3.8, 4) is 0 Å². The number of piperidine rings is 1. The average molecular weight is 506 g/mol. The maximum absolute atomic E-state index is 13.3. The molecule has 1 saturated heterocycles. The summed E-state index contributed by atoms with van der Waals surface area (Å²) in [5, 5.41) is 13.1. The lowest BCUT2D eigenvalue weighted by Crippen LogP contribution is -2.49. The quantitative estimate of drug-likeness (QED) is 0.563. The molecule has 2 aromatic heterocycles. The third-order valence-electron chi connectivity index (χ3n) is 7.66. The molecule has 188 valence electrons. The zero-order valence-corrected chi connectivity index (χ0v) is 21.5. The lowest BCUT2D eigenvalue weighted by molar-refractivity contribution is 0.0679. The lowest BCUT2D eigenvalue weighted by atomic mass is 9.83. The van der Waals surface area contributed by atoms with Crippen molar-refractivity contribution in [2.24, 2.45) is 0 Å². The molecule has 6 rings (SSSR count). The average Bonchev–Trinajstić information content (AvgIpc) is 3.52. The number of urea groups is 1. The van der Waals surface area contributed by atoms with Crippen LogP contribution in [0, 0.1) is 0 Å². The van der Waals surface area contributed by atoms with Crippen LogP contribution in [0.15, 0.2) is 35.8 Å². The summed E-state index contributed by atoms with van der Waals surface area (Å²) in [7, 11) is 0. The van der Waals surface area contributed by atoms with Gasteiger partial charge in [-0.05, 0) is 30.9 Å². The van der Waals surface area contributed by atoms with E-state index in [0.717, 1.165) is 61.0 Å². The molecule has 0 aliphatic carbocycles. The highest BCUT2D eigenvalue weighted by atomic mass is 32.1. The van der Waals surface area contributed by atoms with Gasteiger partial charge in [-0.1, -0.05) is 32.0 Å². The van der Waals surface area contributed by atoms with Crippen LogP contribution < -0.4 is 10.2 Å². The van der Waals surface area contributed by atoms with E-state index in [9.17, 15) is 9.59 Å². The Morgan fingerprint density at radius 3 is 2.78 bits per heavy atom. The summed E-state index contributed by atoms with van der Waals surface area (Å²) in [5.74, 6) is -0.0342. The number of anilines is 2. The number of H-pyrrole nitrogens is 1. The number of benzene rings is 1. The van der Waals surface area contributed by atoms with Crippen LogP contribution in [-0.4, -0.2) is 69.1 Å². The number of carbonyl (C=O) groups excluding carboxylic acids is 2. The van der Waals surface area contributed by atoms with E-state index in [-0.39, 0.29) is 23.4 Å². The van der Waals surface area contributed by atoms with Gasteiger partial charge in [-0.25, -0.2) is 9.78 Å². The first-order chi connectivity index (χ1) is 17.4. The van der Waals surface area contributed by atoms with Gasteiger partial charge in [0.1, 0.15) is 5.69 Å². The summed E-state index contributed by atoms with van der Waals surface area (Å²) in [6.45, 7) is 7.80. The molecule has 5 heterocycles. The van der Waals surface area contributed by atoms with E-state index < -0.39 is 0 Å². The number of thiazole rings is 1. The van der Waals surface area contributed by atoms with Crippen LogP contribution in [0.25, 0.3) is 0 Å². The van der Waals surface area contributed by atoms with Crippen molar-refractivity contribution in [1.82, 2.24) is 25.0 Å². The molecule has 3 amide bonds. The molecule has 0 radical (unpaired) electrons. The number of hydrogen-bond acceptors (Lipinski definition) is 6. The molecular weight excluding hydrogens is 474 g/mol. The van der Waals surface area contributed by atoms with E-state index in [4.69, 9.17) is 4.98 Å². The van der Waals surface area contributed by atoms with Crippen molar-refractivity contribution in [3.05, 3.63) is 58.4 Å². The van der Waals surface area contributed by atoms with Crippen LogP contribution in [0.2, 0.25) is 0 Å². The molecule has 0 atom stereocenters. The Balaban J connectivity index is 1.08. The molecule has 0 unspecified atom stereocenters. The minimum absolute atomic E-state index is 0.00855. The minimum Gasteiger partial charge on any atom is -0.348 e. The molecular formula is C26H31N7O2S. The number of aromatic amines is 1. The predicted octanol–water partition coefficient (Wildman–Crippen LogP) is 3.86. The van der Waals surface area contributed by atoms with Crippen molar-refractivity contribution in [1.29, 1.82) is 0 Å². The molecule has 1 fully saturated rings. The zero-order valence-electron chi connectivity index (χ0n) is 20.7. The van der Waals surface area contributed by atoms with E-state index in [1.54, 1.807) is 0 Å². The van der Waals surface area contributed by atoms with Crippen LogP contribution in [0.4, 0.5) is 15.6 Å². The van der Waals surface area contributed by atoms with Crippen molar-refractivity contribution < 1.29 is 9.59 Å². The van der Waals surface area contributed by atoms with E-state index >= 15 is 0 Å². The van der Waals surface area contributed by atoms with Crippen molar-refractivity contribution >= 4 is 34.1 Å². The van der Waals surface area contributed by atoms with Gasteiger partial charge >= 0.3 is 6.03 Å². The van der Waals surface area contributed by atoms with Crippen LogP contribution in [-0.2, 0) is 18.4 Å². The maximum atomic E-state index is 13.3. The van der Waals surface area contributed by atoms with Crippen LogP contribution in [0.1, 0.15) is 54.0 Å². The molecule has 0 bridgehead atoms. The fraction of sp³-hybridized carbons (Fsp3) is 0.462. The number of amides is 3. The standard InChI is InChI=1S/C26H31N7O2S/c1-26(2)16-32(14-18-13-27-30-22(18)26)23(34)21-15-36-25(29-21)31-10-8-19(9-11-31)33-12-7-17-5-3-4-6-20(17)28-24(33)35/h3-6,13,15,19H,7-12,14,16H2,1-2H3,(H,27,30)(H,28,35). The first-order valence-corrected chi connectivity index (χ1v) is 13.4. The van der Waals surface area contributed by atoms with Gasteiger partial charge in [-0.15, -0.1) is 11.3 Å². The fourth-order valence-electron chi connectivity index (χ4n) is 5.75. The summed E-state index contributed by atoms with van der Waals surface area (Å²) >= 11 is 1.52. The SMILES string of the molecule is CC1(C)CN(C(=O)c2csc(N3CCC(N4CCc5ccccc5NC4=O)CC3)n2)Cc2cn[nH]c21. The number of para-hydroxylation sites is 1. The van der Waals surface area contributed by atoms with Gasteiger partial charge in [0.2, 0.25) is 0 Å². The molecule has 3 aliphatic rings. The Hall–Kier alpha value is -3.40. The second-order valence-corrected chi connectivity index (χ2v) is 11.4. The molecule has 1 aromatic carbocycles. The van der Waals surface area contributed by atoms with E-state index in [1.807, 2.05) is 39.6 Å². The van der Waals surface area contributed by atoms with Crippen LogP contribution >= 0.6 is 11.3 Å². The molecule has 0 saturated carbocycles. The first kappa shape index (κ1) is 23.0. The second-order valence-electron chi connectivity index (χ2n) is 10.6. The normalized spacial score (nSPS) is 19.9. The van der Waals surface area contributed by atoms with Crippen molar-refractivity contribution in [2.45, 2.75) is 51.1 Å². The van der Waals surface area contributed by atoms with E-state index in [1.165, 1.54) is 16.9 Å². The summed E-state index contributed by atoms with van der Waals surface area (Å²) < 4.78 is 0. The maximum Gasteiger partial charge on any atom is 0.322 e. The predicted molar refractivity (Wildman–Crippen MR) is 140 cm³/mol. The van der Waals surface area contributed by atoms with E-state index in [0.29, 0.717) is 18.8 Å². The Bertz CT molecular complexity index is 1290. The fourth-order valence-corrected chi connectivity index (χ4v) is 6.61. The van der Waals surface area contributed by atoms with Gasteiger partial charge in [0.05, 0.1) is 6.20 Å². The molecule has 2 N–H and O–H groups in total. The highest BCUT2D eigenvalue weighted by molar-refractivity contribution is 7.13. The highest BCUT2D eigenvalue weighted by Gasteiger charge is 2.37. The van der Waals surface area contributed by atoms with Gasteiger partial charge in [0, 0.05) is 66.5 Å². The largest absolute Gasteiger partial charge is 0.348 e. The Morgan fingerprint density at radius 2 is 1.94 bits per heavy atom. The molecule has 9 nitrogen and oxygen atoms in total. The molecule has 10 heteroatoms. The molecule has 3 aromatic rings. The first-order valence-electron chi connectivity index (χ1n) is 12.6. The number of carbonyl (C=O) groups is 2. The van der Waals surface area contributed by atoms with Crippen molar-refractivity contribution in [2.75, 3.05) is 36.4 Å². The van der Waals surface area contributed by atoms with Gasteiger partial charge in [0.25, 0.3) is 5.91 Å². The minimum atomic E-state index is -0.179. The highest BCUT2D eigenvalue weighted by Crippen LogP contribution is 2.33. The van der Waals surface area contributed by atoms with Gasteiger partial charge < -0.3 is 20.0 Å². The second kappa shape index (κ2) is 8.92. The number of nitrogens with zero attached hydrogens (tertiary/aromatic N) is 5. The lowest BCUT2D eigenvalue weighted by Gasteiger charge is -2.38. The summed E-state index contributed by atoms with van der Waals surface area (Å²) in [4.78, 5) is 37.1.